The van der Waals surface area contributed by atoms with E-state index in [4.69, 9.17) is 49.0 Å². The summed E-state index contributed by atoms with van der Waals surface area (Å²) in [5, 5.41) is 1.88. The van der Waals surface area contributed by atoms with E-state index < -0.39 is 0 Å². The van der Waals surface area contributed by atoms with Gasteiger partial charge in [-0.25, -0.2) is 4.99 Å². The van der Waals surface area contributed by atoms with Gasteiger partial charge in [-0.05, 0) is 91.3 Å². The van der Waals surface area contributed by atoms with Crippen molar-refractivity contribution in [1.29, 1.82) is 0 Å². The van der Waals surface area contributed by atoms with Gasteiger partial charge < -0.3 is 14.2 Å². The van der Waals surface area contributed by atoms with Crippen molar-refractivity contribution in [3.63, 3.8) is 0 Å². The van der Waals surface area contributed by atoms with E-state index >= 15 is 0 Å². The fraction of sp³-hybridized carbons (Fsp3) is 0.214. The zero-order valence-electron chi connectivity index (χ0n) is 21.0. The van der Waals surface area contributed by atoms with Gasteiger partial charge in [0.1, 0.15) is 12.4 Å². The van der Waals surface area contributed by atoms with Gasteiger partial charge in [-0.1, -0.05) is 40.9 Å². The first kappa shape index (κ1) is 28.2. The molecule has 1 heterocycles. The smallest absolute Gasteiger partial charge is 0.266 e. The van der Waals surface area contributed by atoms with Crippen LogP contribution < -0.4 is 14.2 Å². The Morgan fingerprint density at radius 1 is 0.947 bits per heavy atom. The van der Waals surface area contributed by atoms with Crippen molar-refractivity contribution in [3.05, 3.63) is 85.7 Å². The minimum absolute atomic E-state index is 0.126. The Hall–Kier alpha value is -2.84. The molecule has 1 aliphatic rings. The molecule has 0 N–H and O–H groups in total. The summed E-state index contributed by atoms with van der Waals surface area (Å²) in [5.74, 6) is 1.49. The van der Waals surface area contributed by atoms with E-state index in [0.29, 0.717) is 55.4 Å². The van der Waals surface area contributed by atoms with Crippen LogP contribution in [0, 0.1) is 0 Å². The normalized spacial score (nSPS) is 15.4. The van der Waals surface area contributed by atoms with Crippen molar-refractivity contribution in [1.82, 2.24) is 4.90 Å². The largest absolute Gasteiger partial charge is 0.497 e. The van der Waals surface area contributed by atoms with Crippen molar-refractivity contribution >= 4 is 69.4 Å². The molecule has 4 rings (SSSR count). The fourth-order valence-electron chi connectivity index (χ4n) is 3.65. The first-order valence-corrected chi connectivity index (χ1v) is 13.7. The maximum Gasteiger partial charge on any atom is 0.266 e. The predicted octanol–water partition coefficient (Wildman–Crippen LogP) is 8.26. The summed E-state index contributed by atoms with van der Waals surface area (Å²) < 4.78 is 17.0. The number of ether oxygens (including phenoxy) is 3. The quantitative estimate of drug-likeness (QED) is 0.235. The monoisotopic (exact) mass is 590 g/mol. The molecule has 1 fully saturated rings. The topological polar surface area (TPSA) is 60.4 Å². The maximum atomic E-state index is 13.1. The predicted molar refractivity (Wildman–Crippen MR) is 156 cm³/mol. The SMILES string of the molecule is CCOc1cc(/C=C2/SC(=Nc3ccc(OC)cc3)N(CC)C2=O)cc(Cl)c1OCc1ccc(Cl)c(Cl)c1. The Kier molecular flexibility index (Phi) is 9.49. The second-order valence-electron chi connectivity index (χ2n) is 8.05. The summed E-state index contributed by atoms with van der Waals surface area (Å²) in [6, 6.07) is 16.2. The lowest BCUT2D eigenvalue weighted by molar-refractivity contribution is -0.122. The molecular formula is C28H25Cl3N2O4S. The maximum absolute atomic E-state index is 13.1. The summed E-state index contributed by atoms with van der Waals surface area (Å²) in [4.78, 5) is 20.0. The van der Waals surface area contributed by atoms with Crippen LogP contribution in [0.4, 0.5) is 5.69 Å². The third-order valence-corrected chi connectivity index (χ3v) is 7.52. The second kappa shape index (κ2) is 12.8. The van der Waals surface area contributed by atoms with Gasteiger partial charge in [-0.3, -0.25) is 9.69 Å². The number of amidine groups is 1. The van der Waals surface area contributed by atoms with E-state index in [0.717, 1.165) is 17.0 Å². The molecule has 0 spiro atoms. The van der Waals surface area contributed by atoms with Gasteiger partial charge in [-0.15, -0.1) is 0 Å². The average Bonchev–Trinajstić information content (AvgIpc) is 3.19. The summed E-state index contributed by atoms with van der Waals surface area (Å²) >= 11 is 20.0. The van der Waals surface area contributed by atoms with Gasteiger partial charge in [0.2, 0.25) is 0 Å². The van der Waals surface area contributed by atoms with Gasteiger partial charge in [0, 0.05) is 6.54 Å². The van der Waals surface area contributed by atoms with Crippen molar-refractivity contribution in [2.75, 3.05) is 20.3 Å². The summed E-state index contributed by atoms with van der Waals surface area (Å²) in [6.45, 7) is 4.91. The Morgan fingerprint density at radius 2 is 1.71 bits per heavy atom. The molecule has 3 aromatic rings. The van der Waals surface area contributed by atoms with Crippen LogP contribution >= 0.6 is 46.6 Å². The lowest BCUT2D eigenvalue weighted by Crippen LogP contribution is -2.28. The highest BCUT2D eigenvalue weighted by Gasteiger charge is 2.32. The first-order chi connectivity index (χ1) is 18.3. The van der Waals surface area contributed by atoms with Gasteiger partial charge in [-0.2, -0.15) is 0 Å². The lowest BCUT2D eigenvalue weighted by Gasteiger charge is -2.15. The van der Waals surface area contributed by atoms with Crippen LogP contribution in [0.2, 0.25) is 15.1 Å². The van der Waals surface area contributed by atoms with Gasteiger partial charge >= 0.3 is 0 Å². The van der Waals surface area contributed by atoms with Gasteiger partial charge in [0.05, 0.1) is 39.4 Å². The molecule has 0 bridgehead atoms. The van der Waals surface area contributed by atoms with E-state index in [2.05, 4.69) is 4.99 Å². The molecule has 10 heteroatoms. The number of thioether (sulfide) groups is 1. The standard InChI is InChI=1S/C28H25Cl3N2O4S/c1-4-33-27(34)25(38-28(33)32-19-7-9-20(35-3)10-8-19)15-18-13-23(31)26(24(14-18)36-5-2)37-16-17-6-11-21(29)22(30)12-17/h6-15H,4-5,16H2,1-3H3/b25-15+,32-28?. The van der Waals surface area contributed by atoms with Crippen LogP contribution in [0.5, 0.6) is 17.2 Å². The number of amides is 1. The zero-order valence-corrected chi connectivity index (χ0v) is 24.0. The molecule has 0 radical (unpaired) electrons. The van der Waals surface area contributed by atoms with E-state index in [1.165, 1.54) is 11.8 Å². The van der Waals surface area contributed by atoms with Crippen molar-refractivity contribution in [2.24, 2.45) is 4.99 Å². The van der Waals surface area contributed by atoms with Crippen molar-refractivity contribution in [2.45, 2.75) is 20.5 Å². The van der Waals surface area contributed by atoms with Crippen LogP contribution in [-0.2, 0) is 11.4 Å². The van der Waals surface area contributed by atoms with E-state index in [9.17, 15) is 4.79 Å². The van der Waals surface area contributed by atoms with Gasteiger partial charge in [0.15, 0.2) is 16.7 Å². The molecule has 198 valence electrons. The van der Waals surface area contributed by atoms with Crippen LogP contribution in [0.1, 0.15) is 25.0 Å². The molecule has 0 unspecified atom stereocenters. The number of aliphatic imine (C=N–C) groups is 1. The minimum atomic E-state index is -0.126. The van der Waals surface area contributed by atoms with Crippen molar-refractivity contribution in [3.8, 4) is 17.2 Å². The lowest BCUT2D eigenvalue weighted by atomic mass is 10.1. The highest BCUT2D eigenvalue weighted by atomic mass is 35.5. The number of carbonyl (C=O) groups is 1. The molecule has 38 heavy (non-hydrogen) atoms. The molecule has 0 saturated carbocycles. The number of carbonyl (C=O) groups excluding carboxylic acids is 1. The van der Waals surface area contributed by atoms with E-state index in [-0.39, 0.29) is 12.5 Å². The number of likely N-dealkylation sites (N-methyl/N-ethyl adjacent to an activating group) is 1. The number of halogens is 3. The number of benzene rings is 3. The van der Waals surface area contributed by atoms with E-state index in [1.54, 1.807) is 42.4 Å². The number of rotatable bonds is 9. The molecule has 0 atom stereocenters. The summed E-state index contributed by atoms with van der Waals surface area (Å²) in [6.07, 6.45) is 1.78. The Bertz CT molecular complexity index is 1390. The number of hydrogen-bond donors (Lipinski definition) is 0. The Morgan fingerprint density at radius 3 is 2.37 bits per heavy atom. The van der Waals surface area contributed by atoms with Crippen LogP contribution in [-0.4, -0.2) is 36.2 Å². The zero-order chi connectivity index (χ0) is 27.2. The molecule has 0 aliphatic carbocycles. The highest BCUT2D eigenvalue weighted by Crippen LogP contribution is 2.40. The minimum Gasteiger partial charge on any atom is -0.497 e. The van der Waals surface area contributed by atoms with E-state index in [1.807, 2.05) is 44.2 Å². The Labute approximate surface area is 241 Å². The first-order valence-electron chi connectivity index (χ1n) is 11.8. The third-order valence-electron chi connectivity index (χ3n) is 5.50. The molecule has 6 nitrogen and oxygen atoms in total. The summed E-state index contributed by atoms with van der Waals surface area (Å²) in [5.41, 5.74) is 2.27. The molecule has 3 aromatic carbocycles. The number of methoxy groups -OCH3 is 1. The third kappa shape index (κ3) is 6.59. The molecule has 1 amide bonds. The second-order valence-corrected chi connectivity index (χ2v) is 10.3. The molecule has 0 aromatic heterocycles. The Balaban J connectivity index is 1.59. The van der Waals surface area contributed by atoms with Crippen molar-refractivity contribution < 1.29 is 19.0 Å². The summed E-state index contributed by atoms with van der Waals surface area (Å²) in [7, 11) is 1.61. The molecular weight excluding hydrogens is 567 g/mol. The molecule has 1 saturated heterocycles. The number of nitrogens with zero attached hydrogens (tertiary/aromatic N) is 2. The fourth-order valence-corrected chi connectivity index (χ4v) is 5.30. The van der Waals surface area contributed by atoms with Crippen LogP contribution in [0.3, 0.4) is 0 Å². The van der Waals surface area contributed by atoms with Crippen LogP contribution in [0.15, 0.2) is 64.5 Å². The number of hydrogen-bond acceptors (Lipinski definition) is 6. The highest BCUT2D eigenvalue weighted by molar-refractivity contribution is 8.18. The van der Waals surface area contributed by atoms with Crippen LogP contribution in [0.25, 0.3) is 6.08 Å². The molecule has 1 aliphatic heterocycles. The van der Waals surface area contributed by atoms with Gasteiger partial charge in [0.25, 0.3) is 5.91 Å². The average molecular weight is 592 g/mol.